The predicted octanol–water partition coefficient (Wildman–Crippen LogP) is 0.799. The zero-order valence-corrected chi connectivity index (χ0v) is 9.96. The molecule has 0 atom stereocenters. The molecule has 0 aromatic rings. The van der Waals surface area contributed by atoms with Gasteiger partial charge in [-0.05, 0) is 20.8 Å². The molecule has 7 heteroatoms. The molecule has 0 spiro atoms. The quantitative estimate of drug-likeness (QED) is 0.557. The van der Waals surface area contributed by atoms with Crippen LogP contribution in [0.2, 0.25) is 0 Å². The van der Waals surface area contributed by atoms with Gasteiger partial charge < -0.3 is 19.6 Å². The van der Waals surface area contributed by atoms with Crippen LogP contribution in [0.3, 0.4) is 0 Å². The van der Waals surface area contributed by atoms with Crippen LogP contribution in [-0.4, -0.2) is 38.0 Å². The summed E-state index contributed by atoms with van der Waals surface area (Å²) in [5, 5.41) is 2.35. The third-order valence-corrected chi connectivity index (χ3v) is 1.20. The molecule has 0 unspecified atom stereocenters. The van der Waals surface area contributed by atoms with Crippen LogP contribution in [-0.2, 0) is 14.3 Å². The van der Waals surface area contributed by atoms with Gasteiger partial charge in [-0.1, -0.05) is 0 Å². The Hall–Kier alpha value is -1.50. The highest BCUT2D eigenvalue weighted by atomic mass is 16.7. The number of methoxy groups -OCH3 is 1. The van der Waals surface area contributed by atoms with Gasteiger partial charge in [0.05, 0.1) is 6.61 Å². The van der Waals surface area contributed by atoms with Gasteiger partial charge in [0.1, 0.15) is 5.60 Å². The Labute approximate surface area is 94.4 Å². The van der Waals surface area contributed by atoms with Crippen LogP contribution >= 0.6 is 0 Å². The predicted molar refractivity (Wildman–Crippen MR) is 55.7 cm³/mol. The molecule has 0 aromatic heterocycles. The minimum absolute atomic E-state index is 0.297. The summed E-state index contributed by atoms with van der Waals surface area (Å²) in [6.07, 6.45) is -1.60. The average molecular weight is 234 g/mol. The lowest BCUT2D eigenvalue weighted by molar-refractivity contribution is 0.0144. The minimum atomic E-state index is -0.825. The van der Waals surface area contributed by atoms with Crippen molar-refractivity contribution in [2.45, 2.75) is 26.4 Å². The van der Waals surface area contributed by atoms with E-state index in [1.54, 1.807) is 20.8 Å². The van der Waals surface area contributed by atoms with Gasteiger partial charge >= 0.3 is 12.2 Å². The highest BCUT2D eigenvalue weighted by Crippen LogP contribution is 2.06. The van der Waals surface area contributed by atoms with Crippen LogP contribution in [0, 0.1) is 0 Å². The summed E-state index contributed by atoms with van der Waals surface area (Å²) in [5.41, 5.74) is 1.21. The molecule has 2 N–H and O–H groups in total. The molecule has 0 heterocycles. The molecule has 0 saturated carbocycles. The molecule has 0 rings (SSSR count). The smallest absolute Gasteiger partial charge is 0.441 e. The highest BCUT2D eigenvalue weighted by molar-refractivity contribution is 5.72. The van der Waals surface area contributed by atoms with E-state index in [1.807, 2.05) is 5.48 Å². The lowest BCUT2D eigenvalue weighted by Crippen LogP contribution is -2.38. The lowest BCUT2D eigenvalue weighted by Gasteiger charge is -2.19. The molecular weight excluding hydrogens is 216 g/mol. The van der Waals surface area contributed by atoms with E-state index < -0.39 is 17.8 Å². The second kappa shape index (κ2) is 6.89. The average Bonchev–Trinajstić information content (AvgIpc) is 2.12. The fraction of sp³-hybridized carbons (Fsp3) is 0.778. The second-order valence-electron chi connectivity index (χ2n) is 3.91. The third-order valence-electron chi connectivity index (χ3n) is 1.20. The summed E-state index contributed by atoms with van der Waals surface area (Å²) in [6, 6.07) is 0. The Morgan fingerprint density at radius 2 is 1.81 bits per heavy atom. The maximum Gasteiger partial charge on any atom is 0.441 e. The summed E-state index contributed by atoms with van der Waals surface area (Å²) in [5.74, 6) is 0. The van der Waals surface area contributed by atoms with E-state index in [0.29, 0.717) is 13.2 Å². The van der Waals surface area contributed by atoms with E-state index in [0.717, 1.165) is 0 Å². The van der Waals surface area contributed by atoms with Gasteiger partial charge in [-0.3, -0.25) is 0 Å². The molecule has 0 saturated heterocycles. The van der Waals surface area contributed by atoms with Crippen molar-refractivity contribution in [2.24, 2.45) is 0 Å². The molecule has 0 radical (unpaired) electrons. The molecule has 0 aromatic carbocycles. The minimum Gasteiger partial charge on any atom is -0.442 e. The summed E-state index contributed by atoms with van der Waals surface area (Å²) in [4.78, 5) is 26.3. The van der Waals surface area contributed by atoms with Gasteiger partial charge in [0.2, 0.25) is 0 Å². The number of nitrogens with one attached hydrogen (secondary N) is 2. The number of hydroxylamine groups is 1. The van der Waals surface area contributed by atoms with E-state index in [9.17, 15) is 9.59 Å². The van der Waals surface area contributed by atoms with Crippen LogP contribution in [0.1, 0.15) is 20.8 Å². The topological polar surface area (TPSA) is 85.9 Å². The first-order valence-corrected chi connectivity index (χ1v) is 4.78. The normalized spacial score (nSPS) is 10.5. The SMILES string of the molecule is COCCNC(=O)ONC(=O)OC(C)(C)C. The lowest BCUT2D eigenvalue weighted by atomic mass is 10.2. The largest absolute Gasteiger partial charge is 0.442 e. The van der Waals surface area contributed by atoms with Gasteiger partial charge in [0.15, 0.2) is 0 Å². The van der Waals surface area contributed by atoms with Gasteiger partial charge in [0, 0.05) is 13.7 Å². The standard InChI is InChI=1S/C9H18N2O5/c1-9(2,3)15-8(13)11-16-7(12)10-5-6-14-4/h5-6H2,1-4H3,(H,10,12)(H,11,13). The van der Waals surface area contributed by atoms with Crippen molar-refractivity contribution in [1.82, 2.24) is 10.8 Å². The fourth-order valence-electron chi connectivity index (χ4n) is 0.678. The first-order valence-electron chi connectivity index (χ1n) is 4.78. The molecule has 0 aliphatic rings. The van der Waals surface area contributed by atoms with Gasteiger partial charge in [-0.25, -0.2) is 9.59 Å². The molecule has 16 heavy (non-hydrogen) atoms. The fourth-order valence-corrected chi connectivity index (χ4v) is 0.678. The van der Waals surface area contributed by atoms with Crippen LogP contribution in [0.15, 0.2) is 0 Å². The van der Waals surface area contributed by atoms with Crippen molar-refractivity contribution in [2.75, 3.05) is 20.3 Å². The molecule has 7 nitrogen and oxygen atoms in total. The number of rotatable bonds is 3. The molecule has 2 amide bonds. The monoisotopic (exact) mass is 234 g/mol. The Bertz CT molecular complexity index is 237. The van der Waals surface area contributed by atoms with Gasteiger partial charge in [0.25, 0.3) is 0 Å². The number of hydrogen-bond acceptors (Lipinski definition) is 5. The molecular formula is C9H18N2O5. The van der Waals surface area contributed by atoms with E-state index in [-0.39, 0.29) is 0 Å². The van der Waals surface area contributed by atoms with Gasteiger partial charge in [-0.2, -0.15) is 0 Å². The summed E-state index contributed by atoms with van der Waals surface area (Å²) < 4.78 is 9.54. The van der Waals surface area contributed by atoms with Crippen molar-refractivity contribution in [3.63, 3.8) is 0 Å². The number of carbonyl (C=O) groups excluding carboxylic acids is 2. The van der Waals surface area contributed by atoms with Crippen molar-refractivity contribution in [1.29, 1.82) is 0 Å². The maximum atomic E-state index is 11.0. The Balaban J connectivity index is 3.63. The molecule has 94 valence electrons. The first-order chi connectivity index (χ1) is 7.35. The van der Waals surface area contributed by atoms with Crippen LogP contribution in [0.4, 0.5) is 9.59 Å². The van der Waals surface area contributed by atoms with Crippen LogP contribution in [0.5, 0.6) is 0 Å². The zero-order valence-electron chi connectivity index (χ0n) is 9.96. The van der Waals surface area contributed by atoms with E-state index in [1.165, 1.54) is 7.11 Å². The van der Waals surface area contributed by atoms with Crippen molar-refractivity contribution in [3.8, 4) is 0 Å². The summed E-state index contributed by atoms with van der Waals surface area (Å²) in [6.45, 7) is 5.76. The highest BCUT2D eigenvalue weighted by Gasteiger charge is 2.17. The maximum absolute atomic E-state index is 11.0. The summed E-state index contributed by atoms with van der Waals surface area (Å²) >= 11 is 0. The van der Waals surface area contributed by atoms with E-state index >= 15 is 0 Å². The molecule has 0 aliphatic heterocycles. The van der Waals surface area contributed by atoms with Crippen molar-refractivity contribution < 1.29 is 23.9 Å². The van der Waals surface area contributed by atoms with Crippen LogP contribution < -0.4 is 10.8 Å². The Kier molecular flexibility index (Phi) is 6.24. The van der Waals surface area contributed by atoms with Crippen molar-refractivity contribution >= 4 is 12.2 Å². The summed E-state index contributed by atoms with van der Waals surface area (Å²) in [7, 11) is 1.51. The number of ether oxygens (including phenoxy) is 2. The van der Waals surface area contributed by atoms with E-state index in [2.05, 4.69) is 10.2 Å². The second-order valence-corrected chi connectivity index (χ2v) is 3.91. The number of amides is 2. The Morgan fingerprint density at radius 1 is 1.19 bits per heavy atom. The Morgan fingerprint density at radius 3 is 2.31 bits per heavy atom. The third kappa shape index (κ3) is 9.07. The first kappa shape index (κ1) is 14.5. The molecule has 0 aliphatic carbocycles. The number of carbonyl (C=O) groups is 2. The van der Waals surface area contributed by atoms with Crippen molar-refractivity contribution in [3.05, 3.63) is 0 Å². The molecule has 0 fully saturated rings. The molecule has 0 bridgehead atoms. The number of hydrogen-bond donors (Lipinski definition) is 2. The van der Waals surface area contributed by atoms with E-state index in [4.69, 9.17) is 9.47 Å². The van der Waals surface area contributed by atoms with Crippen LogP contribution in [0.25, 0.3) is 0 Å². The zero-order chi connectivity index (χ0) is 12.6. The van der Waals surface area contributed by atoms with Gasteiger partial charge in [-0.15, -0.1) is 5.48 Å².